The van der Waals surface area contributed by atoms with Gasteiger partial charge in [-0.3, -0.25) is 0 Å². The van der Waals surface area contributed by atoms with E-state index in [4.69, 9.17) is 20.5 Å². The van der Waals surface area contributed by atoms with Gasteiger partial charge < -0.3 is 15.2 Å². The van der Waals surface area contributed by atoms with E-state index in [1.54, 1.807) is 14.2 Å². The van der Waals surface area contributed by atoms with E-state index in [9.17, 15) is 0 Å². The van der Waals surface area contributed by atoms with Crippen molar-refractivity contribution in [3.8, 4) is 17.6 Å². The standard InChI is InChI=1S/C12H16N2O2/c1-8-11(15-2)5-4-9(12(8)16-3)10(14)6-7-13/h4-5,10H,6,14H2,1-3H3. The summed E-state index contributed by atoms with van der Waals surface area (Å²) in [6, 6.07) is 5.40. The molecular weight excluding hydrogens is 204 g/mol. The van der Waals surface area contributed by atoms with Crippen LogP contribution in [-0.4, -0.2) is 14.2 Å². The molecule has 0 amide bonds. The Hall–Kier alpha value is -1.73. The number of nitrogens with zero attached hydrogens (tertiary/aromatic N) is 1. The van der Waals surface area contributed by atoms with E-state index in [0.29, 0.717) is 5.75 Å². The fourth-order valence-corrected chi connectivity index (χ4v) is 1.69. The molecule has 1 rings (SSSR count). The minimum atomic E-state index is -0.329. The number of benzene rings is 1. The Labute approximate surface area is 95.6 Å². The first-order chi connectivity index (χ1) is 7.65. The monoisotopic (exact) mass is 220 g/mol. The zero-order valence-electron chi connectivity index (χ0n) is 9.78. The molecule has 0 aromatic heterocycles. The summed E-state index contributed by atoms with van der Waals surface area (Å²) in [5.74, 6) is 1.45. The number of nitriles is 1. The van der Waals surface area contributed by atoms with E-state index in [-0.39, 0.29) is 12.5 Å². The SMILES string of the molecule is COc1ccc(C(N)CC#N)c(OC)c1C. The quantitative estimate of drug-likeness (QED) is 0.841. The van der Waals surface area contributed by atoms with Gasteiger partial charge in [-0.05, 0) is 13.0 Å². The number of methoxy groups -OCH3 is 2. The summed E-state index contributed by atoms with van der Waals surface area (Å²) < 4.78 is 10.5. The van der Waals surface area contributed by atoms with Gasteiger partial charge in [0.15, 0.2) is 0 Å². The molecule has 1 aromatic carbocycles. The minimum absolute atomic E-state index is 0.266. The normalized spacial score (nSPS) is 11.7. The highest BCUT2D eigenvalue weighted by molar-refractivity contribution is 5.50. The number of hydrogen-bond donors (Lipinski definition) is 1. The second kappa shape index (κ2) is 5.38. The lowest BCUT2D eigenvalue weighted by atomic mass is 10.0. The lowest BCUT2D eigenvalue weighted by molar-refractivity contribution is 0.383. The molecule has 4 nitrogen and oxygen atoms in total. The molecular formula is C12H16N2O2. The van der Waals surface area contributed by atoms with Crippen molar-refractivity contribution in [2.45, 2.75) is 19.4 Å². The van der Waals surface area contributed by atoms with E-state index in [1.807, 2.05) is 19.1 Å². The summed E-state index contributed by atoms with van der Waals surface area (Å²) in [6.07, 6.45) is 0.266. The van der Waals surface area contributed by atoms with Gasteiger partial charge in [0, 0.05) is 17.2 Å². The van der Waals surface area contributed by atoms with E-state index >= 15 is 0 Å². The Morgan fingerprint density at radius 3 is 2.56 bits per heavy atom. The van der Waals surface area contributed by atoms with Gasteiger partial charge in [-0.15, -0.1) is 0 Å². The Morgan fingerprint density at radius 2 is 2.06 bits per heavy atom. The molecule has 86 valence electrons. The zero-order valence-corrected chi connectivity index (χ0v) is 9.78. The first kappa shape index (κ1) is 12.3. The highest BCUT2D eigenvalue weighted by Gasteiger charge is 2.16. The Morgan fingerprint density at radius 1 is 1.38 bits per heavy atom. The maximum Gasteiger partial charge on any atom is 0.130 e. The van der Waals surface area contributed by atoms with Crippen molar-refractivity contribution >= 4 is 0 Å². The van der Waals surface area contributed by atoms with Gasteiger partial charge in [0.25, 0.3) is 0 Å². The van der Waals surface area contributed by atoms with Crippen LogP contribution in [-0.2, 0) is 0 Å². The molecule has 4 heteroatoms. The topological polar surface area (TPSA) is 68.3 Å². The molecule has 1 atom stereocenters. The smallest absolute Gasteiger partial charge is 0.130 e. The van der Waals surface area contributed by atoms with Crippen molar-refractivity contribution in [2.24, 2.45) is 5.73 Å². The molecule has 0 aliphatic heterocycles. The lowest BCUT2D eigenvalue weighted by Crippen LogP contribution is -2.11. The van der Waals surface area contributed by atoms with Crippen LogP contribution in [0.2, 0.25) is 0 Å². The van der Waals surface area contributed by atoms with Crippen LogP contribution in [0.1, 0.15) is 23.6 Å². The maximum absolute atomic E-state index is 8.64. The Bertz CT molecular complexity index is 410. The van der Waals surface area contributed by atoms with Crippen LogP contribution in [0.25, 0.3) is 0 Å². The summed E-state index contributed by atoms with van der Waals surface area (Å²) in [5, 5.41) is 8.64. The molecule has 0 aliphatic rings. The number of rotatable bonds is 4. The highest BCUT2D eigenvalue weighted by Crippen LogP contribution is 2.34. The summed E-state index contributed by atoms with van der Waals surface area (Å²) >= 11 is 0. The maximum atomic E-state index is 8.64. The van der Waals surface area contributed by atoms with Crippen LogP contribution in [0.3, 0.4) is 0 Å². The predicted octanol–water partition coefficient (Wildman–Crippen LogP) is 1.93. The summed E-state index contributed by atoms with van der Waals surface area (Å²) in [4.78, 5) is 0. The molecule has 0 heterocycles. The first-order valence-corrected chi connectivity index (χ1v) is 4.99. The van der Waals surface area contributed by atoms with Crippen molar-refractivity contribution in [3.63, 3.8) is 0 Å². The summed E-state index contributed by atoms with van der Waals surface area (Å²) in [7, 11) is 3.20. The minimum Gasteiger partial charge on any atom is -0.496 e. The van der Waals surface area contributed by atoms with Gasteiger partial charge in [0.2, 0.25) is 0 Å². The van der Waals surface area contributed by atoms with Gasteiger partial charge in [0.05, 0.1) is 26.7 Å². The van der Waals surface area contributed by atoms with Gasteiger partial charge >= 0.3 is 0 Å². The van der Waals surface area contributed by atoms with Crippen LogP contribution in [0, 0.1) is 18.3 Å². The van der Waals surface area contributed by atoms with Gasteiger partial charge in [-0.1, -0.05) is 6.07 Å². The van der Waals surface area contributed by atoms with E-state index in [0.717, 1.165) is 16.9 Å². The van der Waals surface area contributed by atoms with E-state index < -0.39 is 0 Å². The highest BCUT2D eigenvalue weighted by atomic mass is 16.5. The Kier molecular flexibility index (Phi) is 4.15. The average Bonchev–Trinajstić information content (AvgIpc) is 2.28. The third-order valence-electron chi connectivity index (χ3n) is 2.52. The zero-order chi connectivity index (χ0) is 12.1. The second-order valence-corrected chi connectivity index (χ2v) is 3.48. The first-order valence-electron chi connectivity index (χ1n) is 4.99. The summed E-state index contributed by atoms with van der Waals surface area (Å²) in [5.41, 5.74) is 7.63. The fraction of sp³-hybridized carbons (Fsp3) is 0.417. The van der Waals surface area contributed by atoms with Crippen molar-refractivity contribution in [1.82, 2.24) is 0 Å². The third-order valence-corrected chi connectivity index (χ3v) is 2.52. The van der Waals surface area contributed by atoms with Crippen molar-refractivity contribution in [1.29, 1.82) is 5.26 Å². The van der Waals surface area contributed by atoms with Crippen LogP contribution < -0.4 is 15.2 Å². The predicted molar refractivity (Wildman–Crippen MR) is 61.4 cm³/mol. The van der Waals surface area contributed by atoms with Gasteiger partial charge in [-0.25, -0.2) is 0 Å². The molecule has 2 N–H and O–H groups in total. The van der Waals surface area contributed by atoms with E-state index in [1.165, 1.54) is 0 Å². The summed E-state index contributed by atoms with van der Waals surface area (Å²) in [6.45, 7) is 1.90. The molecule has 0 aliphatic carbocycles. The largest absolute Gasteiger partial charge is 0.496 e. The average molecular weight is 220 g/mol. The fourth-order valence-electron chi connectivity index (χ4n) is 1.69. The third kappa shape index (κ3) is 2.26. The molecule has 16 heavy (non-hydrogen) atoms. The van der Waals surface area contributed by atoms with Crippen LogP contribution in [0.15, 0.2) is 12.1 Å². The molecule has 0 saturated carbocycles. The van der Waals surface area contributed by atoms with Crippen LogP contribution >= 0.6 is 0 Å². The van der Waals surface area contributed by atoms with E-state index in [2.05, 4.69) is 6.07 Å². The lowest BCUT2D eigenvalue weighted by Gasteiger charge is -2.17. The van der Waals surface area contributed by atoms with Crippen molar-refractivity contribution in [3.05, 3.63) is 23.3 Å². The molecule has 0 fully saturated rings. The van der Waals surface area contributed by atoms with Crippen LogP contribution in [0.4, 0.5) is 0 Å². The molecule has 0 spiro atoms. The number of nitrogens with two attached hydrogens (primary N) is 1. The molecule has 1 aromatic rings. The number of hydrogen-bond acceptors (Lipinski definition) is 4. The second-order valence-electron chi connectivity index (χ2n) is 3.48. The molecule has 0 bridgehead atoms. The van der Waals surface area contributed by atoms with Crippen molar-refractivity contribution in [2.75, 3.05) is 14.2 Å². The van der Waals surface area contributed by atoms with Gasteiger partial charge in [0.1, 0.15) is 11.5 Å². The number of ether oxygens (including phenoxy) is 2. The molecule has 0 saturated heterocycles. The van der Waals surface area contributed by atoms with Crippen LogP contribution in [0.5, 0.6) is 11.5 Å². The van der Waals surface area contributed by atoms with Gasteiger partial charge in [-0.2, -0.15) is 5.26 Å². The molecule has 0 radical (unpaired) electrons. The Balaban J connectivity index is 3.21. The molecule has 1 unspecified atom stereocenters. The van der Waals surface area contributed by atoms with Crippen molar-refractivity contribution < 1.29 is 9.47 Å².